The van der Waals surface area contributed by atoms with Crippen molar-refractivity contribution in [3.63, 3.8) is 0 Å². The normalized spacial score (nSPS) is 16.7. The van der Waals surface area contributed by atoms with Gasteiger partial charge in [0.2, 0.25) is 0 Å². The van der Waals surface area contributed by atoms with Gasteiger partial charge in [-0.05, 0) is 11.1 Å². The van der Waals surface area contributed by atoms with Crippen LogP contribution in [0, 0.1) is 0 Å². The van der Waals surface area contributed by atoms with E-state index < -0.39 is 16.4 Å². The Kier molecular flexibility index (Phi) is 4.47. The van der Waals surface area contributed by atoms with Gasteiger partial charge in [0.1, 0.15) is 6.17 Å². The van der Waals surface area contributed by atoms with Crippen molar-refractivity contribution in [3.05, 3.63) is 54.1 Å². The van der Waals surface area contributed by atoms with Crippen molar-refractivity contribution in [3.8, 4) is 0 Å². The lowest BCUT2D eigenvalue weighted by Crippen LogP contribution is -2.55. The highest BCUT2D eigenvalue weighted by atomic mass is 32.2. The van der Waals surface area contributed by atoms with Gasteiger partial charge in [-0.1, -0.05) is 24.3 Å². The molecule has 6 nitrogen and oxygen atoms in total. The number of alkyl halides is 1. The van der Waals surface area contributed by atoms with Crippen molar-refractivity contribution >= 4 is 10.2 Å². The molecule has 0 bridgehead atoms. The summed E-state index contributed by atoms with van der Waals surface area (Å²) >= 11 is 0. The first-order valence-corrected chi connectivity index (χ1v) is 8.74. The Hall–Kier alpha value is -1.77. The van der Waals surface area contributed by atoms with Crippen LogP contribution in [0.5, 0.6) is 0 Å². The van der Waals surface area contributed by atoms with E-state index in [1.54, 1.807) is 12.5 Å². The van der Waals surface area contributed by atoms with E-state index >= 15 is 0 Å². The molecular formula is C15H19FN4O2S. The van der Waals surface area contributed by atoms with Crippen molar-refractivity contribution in [1.29, 1.82) is 0 Å². The summed E-state index contributed by atoms with van der Waals surface area (Å²) in [6.07, 6.45) is 4.32. The second-order valence-corrected chi connectivity index (χ2v) is 7.77. The first-order valence-electron chi connectivity index (χ1n) is 7.34. The summed E-state index contributed by atoms with van der Waals surface area (Å²) in [7, 11) is -2.06. The first kappa shape index (κ1) is 16.1. The monoisotopic (exact) mass is 338 g/mol. The third-order valence-corrected chi connectivity index (χ3v) is 5.74. The molecule has 0 atom stereocenters. The molecule has 8 heteroatoms. The van der Waals surface area contributed by atoms with Crippen LogP contribution < -0.4 is 0 Å². The van der Waals surface area contributed by atoms with Crippen LogP contribution in [0.1, 0.15) is 11.1 Å². The van der Waals surface area contributed by atoms with Crippen molar-refractivity contribution in [2.45, 2.75) is 19.3 Å². The lowest BCUT2D eigenvalue weighted by atomic mass is 10.1. The number of imidazole rings is 1. The second kappa shape index (κ2) is 6.38. The maximum Gasteiger partial charge on any atom is 0.282 e. The van der Waals surface area contributed by atoms with Crippen molar-refractivity contribution in [2.75, 3.05) is 20.1 Å². The van der Waals surface area contributed by atoms with Gasteiger partial charge in [-0.2, -0.15) is 17.0 Å². The topological polar surface area (TPSA) is 58.4 Å². The number of halogens is 1. The fourth-order valence-electron chi connectivity index (χ4n) is 2.45. The molecule has 124 valence electrons. The van der Waals surface area contributed by atoms with E-state index in [0.29, 0.717) is 0 Å². The third kappa shape index (κ3) is 3.60. The van der Waals surface area contributed by atoms with Crippen LogP contribution in [0.25, 0.3) is 0 Å². The van der Waals surface area contributed by atoms with Gasteiger partial charge in [0.15, 0.2) is 0 Å². The van der Waals surface area contributed by atoms with E-state index in [-0.39, 0.29) is 19.6 Å². The molecule has 2 aromatic rings. The lowest BCUT2D eigenvalue weighted by molar-refractivity contribution is 0.134. The summed E-state index contributed by atoms with van der Waals surface area (Å²) in [5, 5.41) is 0. The highest BCUT2D eigenvalue weighted by molar-refractivity contribution is 7.86. The van der Waals surface area contributed by atoms with Gasteiger partial charge < -0.3 is 4.57 Å². The van der Waals surface area contributed by atoms with E-state index in [1.165, 1.54) is 11.4 Å². The summed E-state index contributed by atoms with van der Waals surface area (Å²) in [5.41, 5.74) is 2.00. The molecule has 1 aliphatic heterocycles. The number of benzene rings is 1. The highest BCUT2D eigenvalue weighted by Gasteiger charge is 2.38. The van der Waals surface area contributed by atoms with Crippen LogP contribution in [0.2, 0.25) is 0 Å². The van der Waals surface area contributed by atoms with E-state index in [2.05, 4.69) is 4.98 Å². The number of rotatable bonds is 6. The first-order chi connectivity index (χ1) is 10.9. The number of hydrogen-bond acceptors (Lipinski definition) is 3. The number of nitrogens with zero attached hydrogens (tertiary/aromatic N) is 4. The van der Waals surface area contributed by atoms with Crippen LogP contribution in [-0.4, -0.2) is 52.9 Å². The molecule has 0 radical (unpaired) electrons. The van der Waals surface area contributed by atoms with E-state index in [1.807, 2.05) is 35.0 Å². The van der Waals surface area contributed by atoms with Gasteiger partial charge in [0.25, 0.3) is 10.2 Å². The van der Waals surface area contributed by atoms with E-state index in [9.17, 15) is 12.8 Å². The zero-order valence-corrected chi connectivity index (χ0v) is 13.7. The van der Waals surface area contributed by atoms with Crippen LogP contribution in [-0.2, 0) is 23.3 Å². The predicted molar refractivity (Wildman–Crippen MR) is 84.6 cm³/mol. The van der Waals surface area contributed by atoms with Gasteiger partial charge in [-0.15, -0.1) is 0 Å². The maximum atomic E-state index is 12.9. The predicted octanol–water partition coefficient (Wildman–Crippen LogP) is 1.26. The van der Waals surface area contributed by atoms with Crippen molar-refractivity contribution in [2.24, 2.45) is 0 Å². The average molecular weight is 338 g/mol. The molecule has 23 heavy (non-hydrogen) atoms. The Bertz CT molecular complexity index is 740. The minimum atomic E-state index is -3.57. The summed E-state index contributed by atoms with van der Waals surface area (Å²) in [6, 6.07) is 7.76. The molecular weight excluding hydrogens is 319 g/mol. The minimum absolute atomic E-state index is 0.0451. The minimum Gasteiger partial charge on any atom is -0.333 e. The molecule has 0 amide bonds. The van der Waals surface area contributed by atoms with Gasteiger partial charge in [-0.25, -0.2) is 9.37 Å². The number of hydrogen-bond donors (Lipinski definition) is 0. The molecule has 0 unspecified atom stereocenters. The van der Waals surface area contributed by atoms with Crippen molar-refractivity contribution < 1.29 is 12.8 Å². The molecule has 1 aromatic carbocycles. The van der Waals surface area contributed by atoms with Crippen LogP contribution in [0.3, 0.4) is 0 Å². The average Bonchev–Trinajstić information content (AvgIpc) is 2.99. The van der Waals surface area contributed by atoms with Gasteiger partial charge in [0.05, 0.1) is 6.33 Å². The molecule has 2 heterocycles. The smallest absolute Gasteiger partial charge is 0.282 e. The summed E-state index contributed by atoms with van der Waals surface area (Å²) in [4.78, 5) is 4.00. The summed E-state index contributed by atoms with van der Waals surface area (Å²) in [5.74, 6) is 0. The maximum absolute atomic E-state index is 12.9. The molecule has 1 fully saturated rings. The summed E-state index contributed by atoms with van der Waals surface area (Å²) in [6.45, 7) is 0.897. The standard InChI is InChI=1S/C15H19FN4O2S/c1-18(23(21,22)20-10-15(16)11-20)8-13-2-4-14(5-3-13)9-19-7-6-17-12-19/h2-7,12,15H,8-11H2,1H3. The lowest BCUT2D eigenvalue weighted by Gasteiger charge is -2.35. The molecule has 3 rings (SSSR count). The van der Waals surface area contributed by atoms with E-state index in [0.717, 1.165) is 22.0 Å². The Morgan fingerprint density at radius 3 is 2.48 bits per heavy atom. The molecule has 0 N–H and O–H groups in total. The molecule has 1 saturated heterocycles. The van der Waals surface area contributed by atoms with Gasteiger partial charge in [0, 0.05) is 45.6 Å². The zero-order chi connectivity index (χ0) is 16.4. The van der Waals surface area contributed by atoms with Crippen molar-refractivity contribution in [1.82, 2.24) is 18.2 Å². The molecule has 0 aliphatic carbocycles. The highest BCUT2D eigenvalue weighted by Crippen LogP contribution is 2.20. The number of aromatic nitrogens is 2. The Labute approximate surface area is 135 Å². The van der Waals surface area contributed by atoms with Crippen LogP contribution in [0.4, 0.5) is 4.39 Å². The fourth-order valence-corrected chi connectivity index (χ4v) is 3.86. The molecule has 1 aromatic heterocycles. The second-order valence-electron chi connectivity index (χ2n) is 5.73. The third-order valence-electron chi connectivity index (χ3n) is 3.88. The fraction of sp³-hybridized carbons (Fsp3) is 0.400. The SMILES string of the molecule is CN(Cc1ccc(Cn2ccnc2)cc1)S(=O)(=O)N1CC(F)C1. The Morgan fingerprint density at radius 1 is 1.26 bits per heavy atom. The molecule has 0 saturated carbocycles. The molecule has 0 spiro atoms. The molecule has 1 aliphatic rings. The zero-order valence-electron chi connectivity index (χ0n) is 12.8. The van der Waals surface area contributed by atoms with Gasteiger partial charge >= 0.3 is 0 Å². The van der Waals surface area contributed by atoms with Gasteiger partial charge in [-0.3, -0.25) is 0 Å². The van der Waals surface area contributed by atoms with Crippen LogP contribution >= 0.6 is 0 Å². The Balaban J connectivity index is 1.61. The quantitative estimate of drug-likeness (QED) is 0.797. The Morgan fingerprint density at radius 2 is 1.91 bits per heavy atom. The largest absolute Gasteiger partial charge is 0.333 e. The summed E-state index contributed by atoms with van der Waals surface area (Å²) < 4.78 is 41.7. The van der Waals surface area contributed by atoms with E-state index in [4.69, 9.17) is 0 Å². The van der Waals surface area contributed by atoms with Crippen LogP contribution in [0.15, 0.2) is 43.0 Å².